The van der Waals surface area contributed by atoms with Crippen LogP contribution in [0.4, 0.5) is 5.82 Å². The van der Waals surface area contributed by atoms with Gasteiger partial charge in [-0.25, -0.2) is 10.1 Å². The van der Waals surface area contributed by atoms with Crippen molar-refractivity contribution in [1.82, 2.24) is 35.6 Å². The summed E-state index contributed by atoms with van der Waals surface area (Å²) in [4.78, 5) is 15.5. The van der Waals surface area contributed by atoms with Crippen molar-refractivity contribution in [3.05, 3.63) is 70.0 Å². The maximum atomic E-state index is 13.3. The number of halogens is 1. The first-order valence-electron chi connectivity index (χ1n) is 12.7. The van der Waals surface area contributed by atoms with Gasteiger partial charge in [-0.1, -0.05) is 35.0 Å². The molecule has 1 aliphatic rings. The van der Waals surface area contributed by atoms with E-state index < -0.39 is 5.91 Å². The maximum absolute atomic E-state index is 13.3. The molecule has 0 spiro atoms. The van der Waals surface area contributed by atoms with Crippen LogP contribution in [0.1, 0.15) is 47.1 Å². The quantitative estimate of drug-likeness (QED) is 0.204. The Hall–Kier alpha value is -4.49. The van der Waals surface area contributed by atoms with Gasteiger partial charge in [-0.3, -0.25) is 9.69 Å². The summed E-state index contributed by atoms with van der Waals surface area (Å²) in [6.07, 6.45) is 3.68. The van der Waals surface area contributed by atoms with Gasteiger partial charge in [-0.05, 0) is 73.0 Å². The first-order valence-corrected chi connectivity index (χ1v) is 13.1. The highest BCUT2D eigenvalue weighted by atomic mass is 35.5. The zero-order valence-corrected chi connectivity index (χ0v) is 22.5. The van der Waals surface area contributed by atoms with E-state index in [2.05, 4.69) is 36.1 Å². The van der Waals surface area contributed by atoms with Gasteiger partial charge in [0.05, 0.1) is 12.8 Å². The van der Waals surface area contributed by atoms with E-state index in [1.165, 1.54) is 10.9 Å². The van der Waals surface area contributed by atoms with Crippen LogP contribution in [0, 0.1) is 0 Å². The molecule has 1 amide bonds. The van der Waals surface area contributed by atoms with Crippen LogP contribution >= 0.6 is 11.6 Å². The van der Waals surface area contributed by atoms with Crippen LogP contribution in [0.25, 0.3) is 5.82 Å². The number of hydrazone groups is 1. The Morgan fingerprint density at radius 3 is 2.75 bits per heavy atom. The molecule has 13 nitrogen and oxygen atoms in total. The number of nitrogens with two attached hydrogens (primary N) is 1. The molecule has 0 radical (unpaired) electrons. The standard InChI is InChI=1S/C26H28ClN9O4/c1-2-38-22-13-17(9-10-21(22)39-16-18-7-3-4-8-19(18)27)14-29-31-26(37)23-20(15-35-11-5-6-12-35)30-34-36(23)25-24(28)32-40-33-25/h3-4,7-10,13-14H,2,5-6,11-12,15-16H2,1H3,(H2,28,32)(H,31,37)/b29-14-. The van der Waals surface area contributed by atoms with Crippen molar-refractivity contribution in [2.75, 3.05) is 25.4 Å². The summed E-state index contributed by atoms with van der Waals surface area (Å²) in [7, 11) is 0. The lowest BCUT2D eigenvalue weighted by Gasteiger charge is -2.13. The number of hydrogen-bond acceptors (Lipinski definition) is 11. The van der Waals surface area contributed by atoms with E-state index in [-0.39, 0.29) is 23.9 Å². The summed E-state index contributed by atoms with van der Waals surface area (Å²) in [6, 6.07) is 12.8. The van der Waals surface area contributed by atoms with Crippen molar-refractivity contribution >= 4 is 29.5 Å². The number of nitrogens with one attached hydrogen (secondary N) is 1. The average Bonchev–Trinajstić information content (AvgIpc) is 3.71. The fourth-order valence-corrected chi connectivity index (χ4v) is 4.46. The predicted molar refractivity (Wildman–Crippen MR) is 147 cm³/mol. The van der Waals surface area contributed by atoms with E-state index in [9.17, 15) is 4.79 Å². The van der Waals surface area contributed by atoms with Crippen molar-refractivity contribution in [3.8, 4) is 17.3 Å². The van der Waals surface area contributed by atoms with Gasteiger partial charge in [0.2, 0.25) is 11.6 Å². The molecule has 0 bridgehead atoms. The maximum Gasteiger partial charge on any atom is 0.292 e. The molecule has 5 rings (SSSR count). The largest absolute Gasteiger partial charge is 0.490 e. The summed E-state index contributed by atoms with van der Waals surface area (Å²) in [5, 5.41) is 20.4. The van der Waals surface area contributed by atoms with Crippen molar-refractivity contribution in [1.29, 1.82) is 0 Å². The molecular formula is C26H28ClN9O4. The van der Waals surface area contributed by atoms with Gasteiger partial charge in [-0.15, -0.1) is 5.10 Å². The number of rotatable bonds is 11. The fourth-order valence-electron chi connectivity index (χ4n) is 4.27. The zero-order chi connectivity index (χ0) is 27.9. The normalized spacial score (nSPS) is 13.7. The Bertz CT molecular complexity index is 1500. The van der Waals surface area contributed by atoms with Crippen LogP contribution in [0.5, 0.6) is 11.5 Å². The Kier molecular flexibility index (Phi) is 8.52. The van der Waals surface area contributed by atoms with E-state index >= 15 is 0 Å². The second-order valence-electron chi connectivity index (χ2n) is 8.97. The molecule has 2 aromatic heterocycles. The Labute approximate surface area is 234 Å². The first kappa shape index (κ1) is 27.1. The van der Waals surface area contributed by atoms with Crippen molar-refractivity contribution in [2.45, 2.75) is 32.9 Å². The van der Waals surface area contributed by atoms with Crippen LogP contribution in [0.2, 0.25) is 5.02 Å². The van der Waals surface area contributed by atoms with Crippen LogP contribution in [-0.4, -0.2) is 62.0 Å². The number of aromatic nitrogens is 5. The van der Waals surface area contributed by atoms with E-state index in [1.807, 2.05) is 31.2 Å². The number of nitrogens with zero attached hydrogens (tertiary/aromatic N) is 7. The molecule has 0 atom stereocenters. The number of benzene rings is 2. The molecule has 2 aromatic carbocycles. The highest BCUT2D eigenvalue weighted by molar-refractivity contribution is 6.31. The second-order valence-corrected chi connectivity index (χ2v) is 9.38. The van der Waals surface area contributed by atoms with Gasteiger partial charge in [0, 0.05) is 17.1 Å². The Morgan fingerprint density at radius 2 is 2.00 bits per heavy atom. The van der Waals surface area contributed by atoms with E-state index in [4.69, 9.17) is 31.4 Å². The zero-order valence-electron chi connectivity index (χ0n) is 21.8. The topological polar surface area (TPSA) is 159 Å². The van der Waals surface area contributed by atoms with E-state index in [1.54, 1.807) is 18.2 Å². The summed E-state index contributed by atoms with van der Waals surface area (Å²) < 4.78 is 17.6. The lowest BCUT2D eigenvalue weighted by molar-refractivity contribution is 0.0945. The SMILES string of the molecule is CCOc1cc(/C=N\NC(=O)c2c(CN3CCCC3)nnn2-c2nonc2N)ccc1OCc1ccccc1Cl. The molecule has 14 heteroatoms. The molecule has 0 aliphatic carbocycles. The van der Waals surface area contributed by atoms with Gasteiger partial charge in [0.1, 0.15) is 12.3 Å². The summed E-state index contributed by atoms with van der Waals surface area (Å²) in [5.41, 5.74) is 10.5. The lowest BCUT2D eigenvalue weighted by atomic mass is 10.2. The third-order valence-electron chi connectivity index (χ3n) is 6.21. The highest BCUT2D eigenvalue weighted by Crippen LogP contribution is 2.29. The van der Waals surface area contributed by atoms with Gasteiger partial charge in [0.25, 0.3) is 5.91 Å². The third kappa shape index (κ3) is 6.21. The van der Waals surface area contributed by atoms with Crippen LogP contribution in [0.3, 0.4) is 0 Å². The molecule has 4 aromatic rings. The van der Waals surface area contributed by atoms with Crippen LogP contribution in [0.15, 0.2) is 52.2 Å². The number of carbonyl (C=O) groups is 1. The molecule has 40 heavy (non-hydrogen) atoms. The van der Waals surface area contributed by atoms with Crippen molar-refractivity contribution < 1.29 is 18.9 Å². The third-order valence-corrected chi connectivity index (χ3v) is 6.58. The van der Waals surface area contributed by atoms with Crippen molar-refractivity contribution in [2.24, 2.45) is 5.10 Å². The number of nitrogen functional groups attached to an aromatic ring is 1. The highest BCUT2D eigenvalue weighted by Gasteiger charge is 2.27. The number of ether oxygens (including phenoxy) is 2. The lowest BCUT2D eigenvalue weighted by Crippen LogP contribution is -2.26. The number of likely N-dealkylation sites (tertiary alicyclic amines) is 1. The van der Waals surface area contributed by atoms with Gasteiger partial charge in [-0.2, -0.15) is 9.78 Å². The molecular weight excluding hydrogens is 538 g/mol. The Morgan fingerprint density at radius 1 is 1.18 bits per heavy atom. The van der Waals surface area contributed by atoms with E-state index in [0.29, 0.717) is 40.9 Å². The number of hydrogen-bond donors (Lipinski definition) is 2. The van der Waals surface area contributed by atoms with Gasteiger partial charge >= 0.3 is 0 Å². The first-order chi connectivity index (χ1) is 19.5. The molecule has 208 valence electrons. The minimum atomic E-state index is -0.539. The minimum Gasteiger partial charge on any atom is -0.490 e. The molecule has 1 aliphatic heterocycles. The average molecular weight is 566 g/mol. The smallest absolute Gasteiger partial charge is 0.292 e. The summed E-state index contributed by atoms with van der Waals surface area (Å²) in [6.45, 7) is 4.89. The monoisotopic (exact) mass is 565 g/mol. The minimum absolute atomic E-state index is 0.0181. The van der Waals surface area contributed by atoms with Crippen LogP contribution in [-0.2, 0) is 13.2 Å². The number of amides is 1. The van der Waals surface area contributed by atoms with Crippen molar-refractivity contribution in [3.63, 3.8) is 0 Å². The number of carbonyl (C=O) groups excluding carboxylic acids is 1. The number of anilines is 1. The molecule has 3 N–H and O–H groups in total. The molecule has 3 heterocycles. The summed E-state index contributed by atoms with van der Waals surface area (Å²) in [5.74, 6) is 0.610. The molecule has 0 unspecified atom stereocenters. The molecule has 1 fully saturated rings. The summed E-state index contributed by atoms with van der Waals surface area (Å²) >= 11 is 6.24. The fraction of sp³-hybridized carbons (Fsp3) is 0.308. The van der Waals surface area contributed by atoms with Gasteiger partial charge < -0.3 is 15.2 Å². The molecule has 1 saturated heterocycles. The van der Waals surface area contributed by atoms with E-state index in [0.717, 1.165) is 31.5 Å². The van der Waals surface area contributed by atoms with Crippen LogP contribution < -0.4 is 20.6 Å². The molecule has 0 saturated carbocycles. The van der Waals surface area contributed by atoms with Gasteiger partial charge in [0.15, 0.2) is 17.2 Å². The second kappa shape index (κ2) is 12.6. The predicted octanol–water partition coefficient (Wildman–Crippen LogP) is 3.22. The Balaban J connectivity index is 1.31.